The molecule has 12 heteroatoms. The summed E-state index contributed by atoms with van der Waals surface area (Å²) in [5.74, 6) is 2.04. The number of anilines is 2. The molecule has 0 saturated heterocycles. The molecule has 1 amide bonds. The lowest BCUT2D eigenvalue weighted by Gasteiger charge is -2.08. The largest absolute Gasteiger partial charge is 0.494 e. The van der Waals surface area contributed by atoms with E-state index in [-0.39, 0.29) is 12.4 Å². The standard InChI is InChI=1S/C20H22N8O4/c21-18-24-19(25-20-23-17(26-28(18)20)15-3-1-12-32-15)22-10-9-13-5-7-14(8-6-13)31-11-2-4-16(29)27-30/h1,3,5-8,12,30H,2,4,9-11H2,(H,27,29)(H3,21,22,23,24,25,26). The monoisotopic (exact) mass is 438 g/mol. The molecular weight excluding hydrogens is 416 g/mol. The minimum absolute atomic E-state index is 0.167. The molecule has 0 fully saturated rings. The van der Waals surface area contributed by atoms with E-state index in [2.05, 4.69) is 25.4 Å². The number of rotatable bonds is 10. The van der Waals surface area contributed by atoms with E-state index in [1.54, 1.807) is 23.9 Å². The minimum Gasteiger partial charge on any atom is -0.494 e. The van der Waals surface area contributed by atoms with E-state index in [0.29, 0.717) is 48.6 Å². The molecular formula is C20H22N8O4. The first-order valence-corrected chi connectivity index (χ1v) is 9.95. The molecule has 0 saturated carbocycles. The number of hydrogen-bond donors (Lipinski definition) is 4. The van der Waals surface area contributed by atoms with Gasteiger partial charge >= 0.3 is 0 Å². The molecule has 5 N–H and O–H groups in total. The molecule has 0 atom stereocenters. The summed E-state index contributed by atoms with van der Waals surface area (Å²) in [7, 11) is 0. The van der Waals surface area contributed by atoms with Gasteiger partial charge < -0.3 is 20.2 Å². The summed E-state index contributed by atoms with van der Waals surface area (Å²) in [6.07, 6.45) is 2.99. The lowest BCUT2D eigenvalue weighted by molar-refractivity contribution is -0.129. The van der Waals surface area contributed by atoms with Crippen molar-refractivity contribution < 1.29 is 19.2 Å². The lowest BCUT2D eigenvalue weighted by atomic mass is 10.1. The Morgan fingerprint density at radius 3 is 2.78 bits per heavy atom. The van der Waals surface area contributed by atoms with E-state index < -0.39 is 5.91 Å². The number of benzene rings is 1. The van der Waals surface area contributed by atoms with E-state index in [1.165, 1.54) is 4.52 Å². The molecule has 166 valence electrons. The van der Waals surface area contributed by atoms with Gasteiger partial charge in [-0.15, -0.1) is 5.10 Å². The number of ether oxygens (including phenoxy) is 1. The van der Waals surface area contributed by atoms with Crippen molar-refractivity contribution in [2.45, 2.75) is 19.3 Å². The van der Waals surface area contributed by atoms with Crippen LogP contribution < -0.4 is 21.3 Å². The van der Waals surface area contributed by atoms with E-state index in [1.807, 2.05) is 24.3 Å². The number of furan rings is 1. The molecule has 4 rings (SSSR count). The minimum atomic E-state index is -0.427. The van der Waals surface area contributed by atoms with E-state index in [9.17, 15) is 4.79 Å². The summed E-state index contributed by atoms with van der Waals surface area (Å²) in [5, 5.41) is 15.9. The summed E-state index contributed by atoms with van der Waals surface area (Å²) < 4.78 is 12.2. The van der Waals surface area contributed by atoms with Crippen LogP contribution in [0.2, 0.25) is 0 Å². The van der Waals surface area contributed by atoms with Gasteiger partial charge in [0, 0.05) is 13.0 Å². The van der Waals surface area contributed by atoms with Crippen LogP contribution in [0.4, 0.5) is 11.9 Å². The van der Waals surface area contributed by atoms with Crippen molar-refractivity contribution in [1.29, 1.82) is 0 Å². The average molecular weight is 438 g/mol. The summed E-state index contributed by atoms with van der Waals surface area (Å²) in [4.78, 5) is 23.9. The molecule has 1 aromatic carbocycles. The van der Waals surface area contributed by atoms with Crippen LogP contribution >= 0.6 is 0 Å². The van der Waals surface area contributed by atoms with Crippen LogP contribution in [0.15, 0.2) is 47.1 Å². The number of aromatic nitrogens is 5. The number of hydrogen-bond acceptors (Lipinski definition) is 10. The maximum atomic E-state index is 11.0. The number of fused-ring (bicyclic) bond motifs is 1. The van der Waals surface area contributed by atoms with E-state index in [4.69, 9.17) is 20.1 Å². The second-order valence-electron chi connectivity index (χ2n) is 6.84. The average Bonchev–Trinajstić information content (AvgIpc) is 3.48. The van der Waals surface area contributed by atoms with Gasteiger partial charge in [0.05, 0.1) is 12.9 Å². The fraction of sp³-hybridized carbons (Fsp3) is 0.250. The van der Waals surface area contributed by atoms with Gasteiger partial charge in [0.2, 0.25) is 23.6 Å². The number of nitrogen functional groups attached to an aromatic ring is 1. The maximum absolute atomic E-state index is 11.0. The Labute approximate surface area is 182 Å². The Morgan fingerprint density at radius 1 is 1.19 bits per heavy atom. The zero-order valence-corrected chi connectivity index (χ0v) is 17.1. The molecule has 0 unspecified atom stereocenters. The number of nitrogens with zero attached hydrogens (tertiary/aromatic N) is 5. The summed E-state index contributed by atoms with van der Waals surface area (Å²) in [6, 6.07) is 11.2. The molecule has 0 aliphatic heterocycles. The molecule has 0 bridgehead atoms. The predicted octanol–water partition coefficient (Wildman–Crippen LogP) is 1.68. The maximum Gasteiger partial charge on any atom is 0.259 e. The van der Waals surface area contributed by atoms with Crippen LogP contribution in [0.3, 0.4) is 0 Å². The van der Waals surface area contributed by atoms with Crippen LogP contribution in [0, 0.1) is 0 Å². The normalized spacial score (nSPS) is 10.9. The second-order valence-corrected chi connectivity index (χ2v) is 6.84. The third-order valence-corrected chi connectivity index (χ3v) is 4.54. The first-order chi connectivity index (χ1) is 15.6. The molecule has 3 aromatic heterocycles. The molecule has 0 aliphatic carbocycles. The van der Waals surface area contributed by atoms with Gasteiger partial charge in [0.15, 0.2) is 5.76 Å². The van der Waals surface area contributed by atoms with Gasteiger partial charge in [-0.25, -0.2) is 5.48 Å². The Morgan fingerprint density at radius 2 is 2.03 bits per heavy atom. The van der Waals surface area contributed by atoms with Crippen LogP contribution in [0.25, 0.3) is 17.4 Å². The van der Waals surface area contributed by atoms with Crippen LogP contribution in [0.5, 0.6) is 5.75 Å². The molecule has 4 aromatic rings. The first-order valence-electron chi connectivity index (χ1n) is 9.95. The zero-order chi connectivity index (χ0) is 22.3. The van der Waals surface area contributed by atoms with Gasteiger partial charge in [0.1, 0.15) is 5.75 Å². The Hall–Kier alpha value is -4.19. The van der Waals surface area contributed by atoms with Crippen molar-refractivity contribution in [3.63, 3.8) is 0 Å². The van der Waals surface area contributed by atoms with Gasteiger partial charge in [-0.1, -0.05) is 12.1 Å². The third kappa shape index (κ3) is 5.10. The molecule has 0 radical (unpaired) electrons. The zero-order valence-electron chi connectivity index (χ0n) is 17.1. The molecule has 3 heterocycles. The number of nitrogens with one attached hydrogen (secondary N) is 2. The fourth-order valence-electron chi connectivity index (χ4n) is 2.94. The summed E-state index contributed by atoms with van der Waals surface area (Å²) in [6.45, 7) is 0.977. The quantitative estimate of drug-likeness (QED) is 0.162. The van der Waals surface area contributed by atoms with E-state index in [0.717, 1.165) is 12.0 Å². The molecule has 0 spiro atoms. The molecule has 12 nitrogen and oxygen atoms in total. The van der Waals surface area contributed by atoms with Crippen molar-refractivity contribution in [1.82, 2.24) is 30.0 Å². The highest BCUT2D eigenvalue weighted by Gasteiger charge is 2.13. The summed E-state index contributed by atoms with van der Waals surface area (Å²) in [5.41, 5.74) is 8.68. The number of amides is 1. The number of carbonyl (C=O) groups excluding carboxylic acids is 1. The molecule has 0 aliphatic rings. The van der Waals surface area contributed by atoms with Gasteiger partial charge in [-0.05, 0) is 42.7 Å². The number of hydroxylamine groups is 1. The third-order valence-electron chi connectivity index (χ3n) is 4.54. The highest BCUT2D eigenvalue weighted by Crippen LogP contribution is 2.18. The van der Waals surface area contributed by atoms with Gasteiger partial charge in [-0.2, -0.15) is 19.5 Å². The van der Waals surface area contributed by atoms with Crippen LogP contribution in [0.1, 0.15) is 18.4 Å². The van der Waals surface area contributed by atoms with E-state index >= 15 is 0 Å². The number of carbonyl (C=O) groups is 1. The van der Waals surface area contributed by atoms with Crippen molar-refractivity contribution in [2.24, 2.45) is 0 Å². The second kappa shape index (κ2) is 9.75. The highest BCUT2D eigenvalue weighted by molar-refractivity contribution is 5.74. The van der Waals surface area contributed by atoms with Gasteiger partial charge in [0.25, 0.3) is 5.78 Å². The number of nitrogens with two attached hydrogens (primary N) is 1. The van der Waals surface area contributed by atoms with Crippen LogP contribution in [-0.4, -0.2) is 48.8 Å². The predicted molar refractivity (Wildman–Crippen MR) is 114 cm³/mol. The van der Waals surface area contributed by atoms with Gasteiger partial charge in [-0.3, -0.25) is 10.0 Å². The van der Waals surface area contributed by atoms with Crippen molar-refractivity contribution in [3.05, 3.63) is 48.2 Å². The highest BCUT2D eigenvalue weighted by atomic mass is 16.5. The fourth-order valence-corrected chi connectivity index (χ4v) is 2.94. The smallest absolute Gasteiger partial charge is 0.259 e. The van der Waals surface area contributed by atoms with Crippen LogP contribution in [-0.2, 0) is 11.2 Å². The topological polar surface area (TPSA) is 166 Å². The SMILES string of the molecule is Nc1nc(NCCc2ccc(OCCCC(=O)NO)cc2)nc2nc(-c3ccco3)nn12. The van der Waals surface area contributed by atoms with Crippen molar-refractivity contribution in [2.75, 3.05) is 24.2 Å². The summed E-state index contributed by atoms with van der Waals surface area (Å²) >= 11 is 0. The molecule has 32 heavy (non-hydrogen) atoms. The first kappa shape index (κ1) is 21.1. The van der Waals surface area contributed by atoms with Crippen molar-refractivity contribution in [3.8, 4) is 17.3 Å². The Kier molecular flexibility index (Phi) is 6.41. The Balaban J connectivity index is 1.29. The lowest BCUT2D eigenvalue weighted by Crippen LogP contribution is -2.18. The Bertz CT molecular complexity index is 1170. The van der Waals surface area contributed by atoms with Crippen molar-refractivity contribution >= 4 is 23.6 Å².